The number of fused-ring (bicyclic) bond motifs is 2. The molecule has 0 aliphatic carbocycles. The van der Waals surface area contributed by atoms with Crippen LogP contribution in [0, 0.1) is 0 Å². The van der Waals surface area contributed by atoms with Crippen molar-refractivity contribution in [2.75, 3.05) is 11.5 Å². The van der Waals surface area contributed by atoms with E-state index in [1.807, 2.05) is 60.7 Å². The van der Waals surface area contributed by atoms with Gasteiger partial charge < -0.3 is 30.7 Å². The van der Waals surface area contributed by atoms with Gasteiger partial charge in [0.2, 0.25) is 11.8 Å². The largest absolute Gasteiger partial charge is 0.743 e. The summed E-state index contributed by atoms with van der Waals surface area (Å²) in [5.41, 5.74) is 17.1. The van der Waals surface area contributed by atoms with Gasteiger partial charge in [-0.1, -0.05) is 24.3 Å². The van der Waals surface area contributed by atoms with Crippen LogP contribution in [0.1, 0.15) is 0 Å². The Morgan fingerprint density at radius 1 is 0.595 bits per heavy atom. The molecule has 178 valence electrons. The first-order valence-electron chi connectivity index (χ1n) is 11.3. The summed E-state index contributed by atoms with van der Waals surface area (Å²) in [7, 11) is 0. The van der Waals surface area contributed by atoms with Crippen molar-refractivity contribution in [3.8, 4) is 34.4 Å². The lowest BCUT2D eigenvalue weighted by molar-refractivity contribution is 0.417. The van der Waals surface area contributed by atoms with Crippen LogP contribution in [0.5, 0.6) is 11.5 Å². The van der Waals surface area contributed by atoms with Gasteiger partial charge in [-0.05, 0) is 48.5 Å². The van der Waals surface area contributed by atoms with Crippen LogP contribution >= 0.6 is 0 Å². The summed E-state index contributed by atoms with van der Waals surface area (Å²) in [5.74, 6) is 2.13. The fraction of sp³-hybridized carbons (Fsp3) is 0. The highest BCUT2D eigenvalue weighted by atomic mass is 27.3. The molecule has 2 heterocycles. The van der Waals surface area contributed by atoms with Gasteiger partial charge in [0.05, 0.1) is 22.6 Å². The topological polar surface area (TPSA) is 132 Å². The van der Waals surface area contributed by atoms with Crippen molar-refractivity contribution in [1.82, 2.24) is 9.97 Å². The second kappa shape index (κ2) is 10.2. The van der Waals surface area contributed by atoms with E-state index in [4.69, 9.17) is 30.7 Å². The van der Waals surface area contributed by atoms with Gasteiger partial charge >= 0.3 is 31.8 Å². The van der Waals surface area contributed by atoms with E-state index >= 15 is 0 Å². The van der Waals surface area contributed by atoms with Gasteiger partial charge in [-0.15, -0.1) is 0 Å². The Balaban J connectivity index is 1.11. The number of hydrogen-bond acceptors (Lipinski definition) is 9. The lowest BCUT2D eigenvalue weighted by Crippen LogP contribution is -2.16. The summed E-state index contributed by atoms with van der Waals surface area (Å²) in [6.07, 6.45) is 0. The van der Waals surface area contributed by atoms with Crippen LogP contribution in [0.4, 0.5) is 11.4 Å². The number of nitrogen functional groups attached to an aromatic ring is 2. The van der Waals surface area contributed by atoms with Crippen LogP contribution in [0.15, 0.2) is 93.8 Å². The number of rotatable bonds is 8. The van der Waals surface area contributed by atoms with Crippen LogP contribution in [-0.2, 0) is 2.84 Å². The van der Waals surface area contributed by atoms with E-state index in [1.165, 1.54) is 0 Å². The zero-order valence-electron chi connectivity index (χ0n) is 19.3. The average Bonchev–Trinajstić information content (AvgIpc) is 3.52. The highest BCUT2D eigenvalue weighted by Gasteiger charge is 2.17. The predicted molar refractivity (Wildman–Crippen MR) is 142 cm³/mol. The van der Waals surface area contributed by atoms with Crippen molar-refractivity contribution in [2.24, 2.45) is 0 Å². The highest BCUT2D eigenvalue weighted by Crippen LogP contribution is 2.33. The first-order chi connectivity index (χ1) is 18.1. The van der Waals surface area contributed by atoms with E-state index in [1.54, 1.807) is 24.3 Å². The summed E-state index contributed by atoms with van der Waals surface area (Å²) in [4.78, 5) is 9.11. The molecule has 0 aliphatic rings. The second-order valence-electron chi connectivity index (χ2n) is 8.05. The molecule has 6 aromatic rings. The third-order valence-electron chi connectivity index (χ3n) is 5.52. The molecule has 37 heavy (non-hydrogen) atoms. The molecule has 4 aromatic carbocycles. The van der Waals surface area contributed by atoms with Gasteiger partial charge in [-0.25, -0.2) is 9.97 Å². The minimum absolute atomic E-state index is 0.452. The van der Waals surface area contributed by atoms with Gasteiger partial charge in [0.15, 0.2) is 11.2 Å². The van der Waals surface area contributed by atoms with E-state index in [-0.39, 0.29) is 0 Å². The van der Waals surface area contributed by atoms with Crippen molar-refractivity contribution in [2.45, 2.75) is 0 Å². The van der Waals surface area contributed by atoms with Crippen molar-refractivity contribution >= 4 is 65.3 Å². The van der Waals surface area contributed by atoms with Crippen LogP contribution < -0.4 is 19.0 Å². The Bertz CT molecular complexity index is 1590. The Morgan fingerprint density at radius 3 is 1.54 bits per heavy atom. The molecule has 0 amide bonds. The number of hydrogen-bond donors (Lipinski definition) is 2. The minimum atomic E-state index is -0.841. The molecule has 6 rings (SSSR count). The summed E-state index contributed by atoms with van der Waals surface area (Å²) in [6, 6.07) is 25.7. The number of aromatic nitrogens is 2. The molecule has 4 N–H and O–H groups in total. The van der Waals surface area contributed by atoms with Gasteiger partial charge in [0.1, 0.15) is 11.0 Å². The maximum atomic E-state index is 5.95. The maximum absolute atomic E-state index is 5.95. The molecule has 0 atom stereocenters. The van der Waals surface area contributed by atoms with Crippen LogP contribution in [0.2, 0.25) is 0 Å². The van der Waals surface area contributed by atoms with Gasteiger partial charge in [-0.3, -0.25) is 0 Å². The molecule has 0 saturated heterocycles. The molecule has 11 heteroatoms. The molecule has 0 spiro atoms. The van der Waals surface area contributed by atoms with E-state index in [2.05, 4.69) is 9.97 Å². The van der Waals surface area contributed by atoms with Crippen LogP contribution in [0.25, 0.3) is 45.1 Å². The van der Waals surface area contributed by atoms with Gasteiger partial charge in [-0.2, -0.15) is 0 Å². The molecule has 0 saturated carbocycles. The lowest BCUT2D eigenvalue weighted by atomic mass is 10.2. The van der Waals surface area contributed by atoms with Crippen LogP contribution in [0.3, 0.4) is 0 Å². The molecule has 0 bridgehead atoms. The third kappa shape index (κ3) is 5.00. The normalized spacial score (nSPS) is 11.0. The van der Waals surface area contributed by atoms with Crippen LogP contribution in [-0.4, -0.2) is 41.7 Å². The summed E-state index contributed by atoms with van der Waals surface area (Å²) in [5, 5.41) is 0. The number of nitrogens with two attached hydrogens (primary N) is 2. The second-order valence-corrected chi connectivity index (χ2v) is 9.99. The molecule has 2 radical (unpaired) electrons. The highest BCUT2D eigenvalue weighted by molar-refractivity contribution is 6.35. The van der Waals surface area contributed by atoms with Crippen molar-refractivity contribution < 1.29 is 19.3 Å². The number of oxazole rings is 2. The number of para-hydroxylation sites is 2. The maximum Gasteiger partial charge on any atom is 0.743 e. The first kappa shape index (κ1) is 23.4. The quantitative estimate of drug-likeness (QED) is 0.161. The average molecular weight is 520 g/mol. The number of anilines is 2. The standard InChI is InChI=1S/2C13H10N2O2.2Al.O/c2*14-8-5-6-10-12(7-8)17-13(15-10)9-3-1-2-4-11(9)16;;;/h2*1-7,16H,14H2;;;/q;;2*+1;/p-2. The fourth-order valence-corrected chi connectivity index (χ4v) is 5.03. The van der Waals surface area contributed by atoms with E-state index < -0.39 is 31.8 Å². The summed E-state index contributed by atoms with van der Waals surface area (Å²) < 4.78 is 29.5. The number of nitrogens with zero attached hydrogens (tertiary/aromatic N) is 2. The zero-order valence-corrected chi connectivity index (χ0v) is 21.6. The van der Waals surface area contributed by atoms with Crippen molar-refractivity contribution in [3.05, 3.63) is 84.9 Å². The summed E-state index contributed by atoms with van der Waals surface area (Å²) >= 11 is -1.68. The van der Waals surface area contributed by atoms with Crippen molar-refractivity contribution in [3.63, 3.8) is 0 Å². The zero-order chi connectivity index (χ0) is 25.2. The summed E-state index contributed by atoms with van der Waals surface area (Å²) in [6.45, 7) is 0. The molecular formula is C26H18Al2N4O5. The molecule has 9 nitrogen and oxygen atoms in total. The van der Waals surface area contributed by atoms with Gasteiger partial charge in [0, 0.05) is 23.5 Å². The Kier molecular flexibility index (Phi) is 6.46. The molecular weight excluding hydrogens is 502 g/mol. The fourth-order valence-electron chi connectivity index (χ4n) is 3.79. The van der Waals surface area contributed by atoms with Crippen molar-refractivity contribution in [1.29, 1.82) is 0 Å². The Morgan fingerprint density at radius 2 is 1.05 bits per heavy atom. The smallest absolute Gasteiger partial charge is 0.627 e. The lowest BCUT2D eigenvalue weighted by Gasteiger charge is -2.12. The third-order valence-corrected chi connectivity index (χ3v) is 7.11. The Labute approximate surface area is 224 Å². The van der Waals surface area contributed by atoms with E-state index in [0.717, 1.165) is 22.2 Å². The minimum Gasteiger partial charge on any atom is -0.627 e. The van der Waals surface area contributed by atoms with Gasteiger partial charge in [0.25, 0.3) is 0 Å². The van der Waals surface area contributed by atoms with E-state index in [9.17, 15) is 0 Å². The Hall–Kier alpha value is -3.96. The first-order valence-corrected chi connectivity index (χ1v) is 13.2. The molecule has 0 aliphatic heterocycles. The molecule has 0 unspecified atom stereocenters. The molecule has 2 aromatic heterocycles. The predicted octanol–water partition coefficient (Wildman–Crippen LogP) is 5.01. The monoisotopic (exact) mass is 520 g/mol. The SMILES string of the molecule is Nc1ccc2nc(-c3ccccc3[O][Al][O][Al][O]c3ccccc3-c3nc4ccc(N)cc4o3)oc2c1. The van der Waals surface area contributed by atoms with E-state index in [0.29, 0.717) is 45.8 Å². The molecule has 0 fully saturated rings. The number of benzene rings is 4.